The maximum Gasteiger partial charge on any atom is 0.179 e. The Hall–Kier alpha value is -1.65. The van der Waals surface area contributed by atoms with Crippen LogP contribution in [0.5, 0.6) is 0 Å². The topological polar surface area (TPSA) is 46.7 Å². The molecule has 0 aliphatic carbocycles. The Labute approximate surface area is 156 Å². The van der Waals surface area contributed by atoms with E-state index in [1.807, 2.05) is 36.4 Å². The van der Waals surface area contributed by atoms with Gasteiger partial charge in [0.05, 0.1) is 10.6 Å². The summed E-state index contributed by atoms with van der Waals surface area (Å²) in [5, 5.41) is 0. The van der Waals surface area contributed by atoms with Crippen LogP contribution in [0, 0.1) is 5.41 Å². The predicted octanol–water partition coefficient (Wildman–Crippen LogP) is 4.70. The second-order valence-corrected chi connectivity index (χ2v) is 9.63. The summed E-state index contributed by atoms with van der Waals surface area (Å²) in [6.45, 7) is 4.26. The molecule has 3 atom stereocenters. The summed E-state index contributed by atoms with van der Waals surface area (Å²) in [7, 11) is -3.36. The van der Waals surface area contributed by atoms with Crippen molar-refractivity contribution in [2.45, 2.75) is 56.1 Å². The van der Waals surface area contributed by atoms with Gasteiger partial charge in [-0.3, -0.25) is 0 Å². The van der Waals surface area contributed by atoms with Gasteiger partial charge in [0.2, 0.25) is 0 Å². The van der Waals surface area contributed by atoms with Crippen LogP contribution in [0.25, 0.3) is 0 Å². The number of sulfone groups is 1. The first-order chi connectivity index (χ1) is 12.5. The van der Waals surface area contributed by atoms with E-state index in [0.717, 1.165) is 36.8 Å². The van der Waals surface area contributed by atoms with Gasteiger partial charge < -0.3 is 4.74 Å². The molecule has 2 aliphatic heterocycles. The molecule has 4 heteroatoms. The van der Waals surface area contributed by atoms with E-state index in [9.17, 15) is 8.42 Å². The fraction of sp³-hybridized carbons (Fsp3) is 0.455. The Morgan fingerprint density at radius 1 is 1.04 bits per heavy atom. The largest absolute Gasteiger partial charge is 0.355 e. The second-order valence-electron chi connectivity index (χ2n) is 7.67. The molecule has 1 fully saturated rings. The van der Waals surface area contributed by atoms with Crippen LogP contribution in [0.2, 0.25) is 0 Å². The van der Waals surface area contributed by atoms with Crippen LogP contribution in [-0.4, -0.2) is 20.3 Å². The van der Waals surface area contributed by atoms with Gasteiger partial charge in [-0.2, -0.15) is 0 Å². The molecule has 2 aromatic rings. The lowest BCUT2D eigenvalue weighted by Crippen LogP contribution is -2.36. The third-order valence-corrected chi connectivity index (χ3v) is 8.19. The lowest BCUT2D eigenvalue weighted by Gasteiger charge is -2.31. The van der Waals surface area contributed by atoms with E-state index in [-0.39, 0.29) is 17.3 Å². The molecule has 1 saturated heterocycles. The van der Waals surface area contributed by atoms with Crippen molar-refractivity contribution >= 4 is 9.84 Å². The molecule has 4 rings (SSSR count). The SMILES string of the molecule is CCCC[C@]1(CC)CS(=O)(=O)c2ccccc2[C@@]2(c3ccccc3)O[C@@H]12. The molecule has 138 valence electrons. The minimum Gasteiger partial charge on any atom is -0.355 e. The average Bonchev–Trinajstić information content (AvgIpc) is 3.43. The van der Waals surface area contributed by atoms with Crippen molar-refractivity contribution in [1.29, 1.82) is 0 Å². The molecule has 3 nitrogen and oxygen atoms in total. The molecule has 0 saturated carbocycles. The average molecular weight is 371 g/mol. The van der Waals surface area contributed by atoms with Gasteiger partial charge in [-0.25, -0.2) is 8.42 Å². The first-order valence-electron chi connectivity index (χ1n) is 9.56. The third-order valence-electron chi connectivity index (χ3n) is 6.21. The molecule has 0 spiro atoms. The molecule has 2 heterocycles. The molecule has 26 heavy (non-hydrogen) atoms. The van der Waals surface area contributed by atoms with Gasteiger partial charge >= 0.3 is 0 Å². The fourth-order valence-electron chi connectivity index (χ4n) is 4.75. The fourth-order valence-corrected chi connectivity index (χ4v) is 7.00. The van der Waals surface area contributed by atoms with Gasteiger partial charge in [-0.05, 0) is 24.5 Å². The van der Waals surface area contributed by atoms with E-state index in [1.54, 1.807) is 6.07 Å². The van der Waals surface area contributed by atoms with Crippen molar-refractivity contribution in [3.8, 4) is 0 Å². The Bertz CT molecular complexity index is 906. The highest BCUT2D eigenvalue weighted by molar-refractivity contribution is 7.91. The molecule has 0 aromatic heterocycles. The number of epoxide rings is 1. The van der Waals surface area contributed by atoms with Gasteiger partial charge in [0.25, 0.3) is 0 Å². The Balaban J connectivity index is 1.96. The van der Waals surface area contributed by atoms with Crippen LogP contribution in [0.15, 0.2) is 59.5 Å². The van der Waals surface area contributed by atoms with Crippen molar-refractivity contribution in [2.75, 3.05) is 5.75 Å². The highest BCUT2D eigenvalue weighted by atomic mass is 32.2. The zero-order valence-corrected chi connectivity index (χ0v) is 16.3. The van der Waals surface area contributed by atoms with E-state index in [4.69, 9.17) is 4.74 Å². The number of benzene rings is 2. The number of fused-ring (bicyclic) bond motifs is 3. The Morgan fingerprint density at radius 3 is 2.42 bits per heavy atom. The van der Waals surface area contributed by atoms with Crippen LogP contribution in [0.3, 0.4) is 0 Å². The molecule has 0 radical (unpaired) electrons. The number of hydrogen-bond donors (Lipinski definition) is 0. The van der Waals surface area contributed by atoms with E-state index in [0.29, 0.717) is 4.90 Å². The standard InChI is InChI=1S/C22H26O3S/c1-3-5-15-21(4-2)16-26(23,24)19-14-10-9-13-18(19)22(20(21)25-22)17-11-7-6-8-12-17/h6-14,20H,3-5,15-16H2,1-2H3/t20-,21+,22+/m0/s1. The number of unbranched alkanes of at least 4 members (excludes halogenated alkanes) is 1. The Kier molecular flexibility index (Phi) is 4.24. The monoisotopic (exact) mass is 370 g/mol. The smallest absolute Gasteiger partial charge is 0.179 e. The molecule has 0 N–H and O–H groups in total. The molecule has 2 aromatic carbocycles. The van der Waals surface area contributed by atoms with E-state index in [1.165, 1.54) is 0 Å². The zero-order valence-electron chi connectivity index (χ0n) is 15.4. The minimum absolute atomic E-state index is 0.0904. The molecular formula is C22H26O3S. The predicted molar refractivity (Wildman–Crippen MR) is 103 cm³/mol. The van der Waals surface area contributed by atoms with Crippen LogP contribution in [-0.2, 0) is 20.2 Å². The zero-order chi connectivity index (χ0) is 18.4. The summed E-state index contributed by atoms with van der Waals surface area (Å²) < 4.78 is 33.1. The molecular weight excluding hydrogens is 344 g/mol. The van der Waals surface area contributed by atoms with Crippen molar-refractivity contribution < 1.29 is 13.2 Å². The van der Waals surface area contributed by atoms with Gasteiger partial charge in [0.1, 0.15) is 11.7 Å². The summed E-state index contributed by atoms with van der Waals surface area (Å²) in [6, 6.07) is 17.5. The maximum atomic E-state index is 13.3. The van der Waals surface area contributed by atoms with Crippen molar-refractivity contribution in [1.82, 2.24) is 0 Å². The van der Waals surface area contributed by atoms with Crippen molar-refractivity contribution in [3.05, 3.63) is 65.7 Å². The molecule has 0 unspecified atom stereocenters. The van der Waals surface area contributed by atoms with Crippen LogP contribution < -0.4 is 0 Å². The van der Waals surface area contributed by atoms with Gasteiger partial charge in [-0.15, -0.1) is 0 Å². The summed E-state index contributed by atoms with van der Waals surface area (Å²) in [5.74, 6) is 0.173. The van der Waals surface area contributed by atoms with E-state index >= 15 is 0 Å². The lowest BCUT2D eigenvalue weighted by molar-refractivity contribution is 0.191. The van der Waals surface area contributed by atoms with Crippen LogP contribution in [0.4, 0.5) is 0 Å². The summed E-state index contributed by atoms with van der Waals surface area (Å²) >= 11 is 0. The first-order valence-corrected chi connectivity index (χ1v) is 11.2. The number of rotatable bonds is 5. The second kappa shape index (κ2) is 6.21. The van der Waals surface area contributed by atoms with Crippen LogP contribution >= 0.6 is 0 Å². The highest BCUT2D eigenvalue weighted by Crippen LogP contribution is 2.64. The molecule has 0 bridgehead atoms. The van der Waals surface area contributed by atoms with E-state index in [2.05, 4.69) is 26.0 Å². The maximum absolute atomic E-state index is 13.3. The van der Waals surface area contributed by atoms with Gasteiger partial charge in [0, 0.05) is 11.0 Å². The molecule has 2 aliphatic rings. The summed E-state index contributed by atoms with van der Waals surface area (Å²) in [6.07, 6.45) is 3.67. The lowest BCUT2D eigenvalue weighted by atomic mass is 9.71. The minimum atomic E-state index is -3.36. The van der Waals surface area contributed by atoms with Gasteiger partial charge in [0.15, 0.2) is 9.84 Å². The first kappa shape index (κ1) is 17.7. The van der Waals surface area contributed by atoms with Crippen molar-refractivity contribution in [2.24, 2.45) is 5.41 Å². The van der Waals surface area contributed by atoms with E-state index < -0.39 is 15.4 Å². The highest BCUT2D eigenvalue weighted by Gasteiger charge is 2.70. The Morgan fingerprint density at radius 2 is 1.73 bits per heavy atom. The molecule has 0 amide bonds. The summed E-state index contributed by atoms with van der Waals surface area (Å²) in [4.78, 5) is 0.443. The normalized spacial score (nSPS) is 31.5. The van der Waals surface area contributed by atoms with Crippen LogP contribution in [0.1, 0.15) is 50.7 Å². The summed E-state index contributed by atoms with van der Waals surface area (Å²) in [5.41, 5.74) is 0.890. The van der Waals surface area contributed by atoms with Crippen molar-refractivity contribution in [3.63, 3.8) is 0 Å². The number of hydrogen-bond acceptors (Lipinski definition) is 3. The quantitative estimate of drug-likeness (QED) is 0.717. The van der Waals surface area contributed by atoms with Gasteiger partial charge in [-0.1, -0.05) is 75.2 Å². The third kappa shape index (κ3) is 2.46. The number of ether oxygens (including phenoxy) is 1.